The molecule has 1 aliphatic rings. The monoisotopic (exact) mass is 363 g/mol. The molecule has 27 heavy (non-hydrogen) atoms. The van der Waals surface area contributed by atoms with E-state index in [1.165, 1.54) is 11.3 Å². The smallest absolute Gasteiger partial charge is 0.249 e. The summed E-state index contributed by atoms with van der Waals surface area (Å²) in [6.07, 6.45) is 3.86. The van der Waals surface area contributed by atoms with E-state index in [2.05, 4.69) is 49.7 Å². The number of rotatable bonds is 5. The van der Waals surface area contributed by atoms with Gasteiger partial charge in [0.1, 0.15) is 0 Å². The van der Waals surface area contributed by atoms with Gasteiger partial charge in [-0.3, -0.25) is 0 Å². The zero-order valence-corrected chi connectivity index (χ0v) is 15.3. The maximum Gasteiger partial charge on any atom is 0.249 e. The number of hydrogen-bond donors (Lipinski definition) is 1. The zero-order valence-electron chi connectivity index (χ0n) is 15.3. The molecule has 0 amide bonds. The number of nitrogens with zero attached hydrogens (tertiary/aromatic N) is 4. The molecular formula is C20H21N5O2. The average molecular weight is 363 g/mol. The lowest BCUT2D eigenvalue weighted by molar-refractivity contribution is 0.355. The molecule has 138 valence electrons. The number of aromatic nitrogens is 3. The standard InChI is InChI=1S/C20H21N5O2/c1-26-17-10-9-15(12-18(17)27-2)22-20-23-19(13-21-24-20)25-11-5-7-14-6-3-4-8-16(14)25/h3-4,6,8-10,12-13H,5,7,11H2,1-2H3,(H,22,23,24). The highest BCUT2D eigenvalue weighted by Gasteiger charge is 2.19. The van der Waals surface area contributed by atoms with Crippen LogP contribution in [0.3, 0.4) is 0 Å². The van der Waals surface area contributed by atoms with Crippen molar-refractivity contribution in [1.29, 1.82) is 0 Å². The molecule has 0 saturated heterocycles. The number of methoxy groups -OCH3 is 2. The highest BCUT2D eigenvalue weighted by atomic mass is 16.5. The lowest BCUT2D eigenvalue weighted by Crippen LogP contribution is -2.25. The van der Waals surface area contributed by atoms with E-state index in [0.29, 0.717) is 17.4 Å². The summed E-state index contributed by atoms with van der Waals surface area (Å²) in [6, 6.07) is 14.0. The molecule has 0 unspecified atom stereocenters. The Labute approximate surface area is 158 Å². The number of nitrogens with one attached hydrogen (secondary N) is 1. The van der Waals surface area contributed by atoms with Gasteiger partial charge in [-0.15, -0.1) is 5.10 Å². The van der Waals surface area contributed by atoms with E-state index >= 15 is 0 Å². The molecule has 7 nitrogen and oxygen atoms in total. The van der Waals surface area contributed by atoms with Crippen LogP contribution in [0.5, 0.6) is 11.5 Å². The molecule has 0 aliphatic carbocycles. The quantitative estimate of drug-likeness (QED) is 0.741. The van der Waals surface area contributed by atoms with Gasteiger partial charge in [0.15, 0.2) is 17.3 Å². The fourth-order valence-corrected chi connectivity index (χ4v) is 3.29. The van der Waals surface area contributed by atoms with Gasteiger partial charge in [0.05, 0.1) is 20.4 Å². The zero-order chi connectivity index (χ0) is 18.6. The number of benzene rings is 2. The second-order valence-electron chi connectivity index (χ2n) is 6.22. The number of para-hydroxylation sites is 1. The van der Waals surface area contributed by atoms with E-state index in [-0.39, 0.29) is 0 Å². The third-order valence-corrected chi connectivity index (χ3v) is 4.57. The molecule has 4 rings (SSSR count). The predicted octanol–water partition coefficient (Wildman–Crippen LogP) is 3.72. The van der Waals surface area contributed by atoms with Crippen molar-refractivity contribution < 1.29 is 9.47 Å². The van der Waals surface area contributed by atoms with Gasteiger partial charge in [-0.25, -0.2) is 0 Å². The second-order valence-corrected chi connectivity index (χ2v) is 6.22. The molecule has 0 radical (unpaired) electrons. The van der Waals surface area contributed by atoms with Gasteiger partial charge in [-0.05, 0) is 36.6 Å². The van der Waals surface area contributed by atoms with Crippen LogP contribution in [0.25, 0.3) is 0 Å². The van der Waals surface area contributed by atoms with Crippen molar-refractivity contribution in [2.45, 2.75) is 12.8 Å². The van der Waals surface area contributed by atoms with Gasteiger partial charge in [-0.1, -0.05) is 18.2 Å². The summed E-state index contributed by atoms with van der Waals surface area (Å²) in [6.45, 7) is 0.908. The Balaban J connectivity index is 1.61. The van der Waals surface area contributed by atoms with Crippen molar-refractivity contribution in [3.8, 4) is 11.5 Å². The normalized spacial score (nSPS) is 13.0. The van der Waals surface area contributed by atoms with Crippen LogP contribution in [0.2, 0.25) is 0 Å². The fraction of sp³-hybridized carbons (Fsp3) is 0.250. The largest absolute Gasteiger partial charge is 0.493 e. The first kappa shape index (κ1) is 17.1. The molecule has 1 N–H and O–H groups in total. The molecule has 0 fully saturated rings. The topological polar surface area (TPSA) is 72.4 Å². The van der Waals surface area contributed by atoms with Crippen molar-refractivity contribution in [3.63, 3.8) is 0 Å². The fourth-order valence-electron chi connectivity index (χ4n) is 3.29. The van der Waals surface area contributed by atoms with Crippen LogP contribution in [0.4, 0.5) is 23.1 Å². The van der Waals surface area contributed by atoms with Gasteiger partial charge in [-0.2, -0.15) is 10.1 Å². The maximum absolute atomic E-state index is 5.34. The van der Waals surface area contributed by atoms with Gasteiger partial charge < -0.3 is 19.7 Å². The van der Waals surface area contributed by atoms with Crippen LogP contribution in [0.1, 0.15) is 12.0 Å². The first-order chi connectivity index (χ1) is 13.3. The van der Waals surface area contributed by atoms with Gasteiger partial charge in [0.25, 0.3) is 0 Å². The van der Waals surface area contributed by atoms with Gasteiger partial charge >= 0.3 is 0 Å². The first-order valence-corrected chi connectivity index (χ1v) is 8.82. The van der Waals surface area contributed by atoms with Crippen molar-refractivity contribution in [2.24, 2.45) is 0 Å². The third kappa shape index (κ3) is 3.48. The minimum atomic E-state index is 0.433. The van der Waals surface area contributed by atoms with Crippen LogP contribution in [0, 0.1) is 0 Å². The molecule has 0 spiro atoms. The van der Waals surface area contributed by atoms with Gasteiger partial charge in [0, 0.05) is 24.0 Å². The summed E-state index contributed by atoms with van der Waals surface area (Å²) in [7, 11) is 3.21. The molecule has 1 aliphatic heterocycles. The molecule has 0 atom stereocenters. The van der Waals surface area contributed by atoms with Crippen molar-refractivity contribution >= 4 is 23.1 Å². The molecule has 2 aromatic carbocycles. The Morgan fingerprint density at radius 3 is 2.74 bits per heavy atom. The highest BCUT2D eigenvalue weighted by Crippen LogP contribution is 2.33. The van der Waals surface area contributed by atoms with Crippen molar-refractivity contribution in [1.82, 2.24) is 15.2 Å². The molecule has 2 heterocycles. The van der Waals surface area contributed by atoms with Crippen LogP contribution < -0.4 is 19.7 Å². The van der Waals surface area contributed by atoms with Crippen molar-refractivity contribution in [2.75, 3.05) is 31.0 Å². The minimum absolute atomic E-state index is 0.433. The SMILES string of the molecule is COc1ccc(Nc2nncc(N3CCCc4ccccc43)n2)cc1OC. The average Bonchev–Trinajstić information content (AvgIpc) is 2.73. The summed E-state index contributed by atoms with van der Waals surface area (Å²) in [4.78, 5) is 6.85. The number of ether oxygens (including phenoxy) is 2. The Hall–Kier alpha value is -3.35. The van der Waals surface area contributed by atoms with E-state index in [1.807, 2.05) is 18.2 Å². The summed E-state index contributed by atoms with van der Waals surface area (Å²) in [5.74, 6) is 2.51. The van der Waals surface area contributed by atoms with E-state index in [4.69, 9.17) is 9.47 Å². The molecule has 1 aromatic heterocycles. The van der Waals surface area contributed by atoms with Crippen molar-refractivity contribution in [3.05, 3.63) is 54.2 Å². The summed E-state index contributed by atoms with van der Waals surface area (Å²) in [5.41, 5.74) is 3.31. The Kier molecular flexibility index (Phi) is 4.74. The van der Waals surface area contributed by atoms with E-state index < -0.39 is 0 Å². The molecule has 7 heteroatoms. The Morgan fingerprint density at radius 1 is 1.04 bits per heavy atom. The van der Waals surface area contributed by atoms with E-state index in [1.54, 1.807) is 20.4 Å². The van der Waals surface area contributed by atoms with Crippen LogP contribution in [0.15, 0.2) is 48.7 Å². The first-order valence-electron chi connectivity index (χ1n) is 8.82. The maximum atomic E-state index is 5.34. The van der Waals surface area contributed by atoms with Crippen LogP contribution >= 0.6 is 0 Å². The molecule has 0 bridgehead atoms. The summed E-state index contributed by atoms with van der Waals surface area (Å²) < 4.78 is 10.6. The molecule has 3 aromatic rings. The second kappa shape index (κ2) is 7.49. The minimum Gasteiger partial charge on any atom is -0.493 e. The molecular weight excluding hydrogens is 342 g/mol. The summed E-state index contributed by atoms with van der Waals surface area (Å²) in [5, 5.41) is 11.4. The third-order valence-electron chi connectivity index (χ3n) is 4.57. The number of anilines is 4. The predicted molar refractivity (Wildman–Crippen MR) is 104 cm³/mol. The van der Waals surface area contributed by atoms with E-state index in [0.717, 1.165) is 30.9 Å². The van der Waals surface area contributed by atoms with E-state index in [9.17, 15) is 0 Å². The van der Waals surface area contributed by atoms with Crippen LogP contribution in [-0.4, -0.2) is 35.9 Å². The van der Waals surface area contributed by atoms with Gasteiger partial charge in [0.2, 0.25) is 5.95 Å². The van der Waals surface area contributed by atoms with Crippen LogP contribution in [-0.2, 0) is 6.42 Å². The lowest BCUT2D eigenvalue weighted by Gasteiger charge is -2.30. The number of aryl methyl sites for hydroxylation is 1. The molecule has 0 saturated carbocycles. The Morgan fingerprint density at radius 2 is 1.89 bits per heavy atom. The highest BCUT2D eigenvalue weighted by molar-refractivity contribution is 5.66. The lowest BCUT2D eigenvalue weighted by atomic mass is 10.0. The number of hydrogen-bond acceptors (Lipinski definition) is 7. The summed E-state index contributed by atoms with van der Waals surface area (Å²) >= 11 is 0. The number of fused-ring (bicyclic) bond motifs is 1. The Bertz CT molecular complexity index is 947.